The molecule has 0 spiro atoms. The SMILES string of the molecule is CN(Cc1ccccc1)C(=O)Cn1c(CCNC(=O)Cc2ccccc2)nc2ccccc21. The monoisotopic (exact) mass is 440 g/mol. The molecule has 0 bridgehead atoms. The van der Waals surface area contributed by atoms with Crippen molar-refractivity contribution in [2.45, 2.75) is 25.9 Å². The van der Waals surface area contributed by atoms with Crippen LogP contribution in [0.5, 0.6) is 0 Å². The Labute approximate surface area is 193 Å². The molecule has 1 heterocycles. The molecule has 33 heavy (non-hydrogen) atoms. The maximum absolute atomic E-state index is 13.0. The van der Waals surface area contributed by atoms with E-state index in [-0.39, 0.29) is 18.4 Å². The Morgan fingerprint density at radius 1 is 0.879 bits per heavy atom. The molecule has 0 fully saturated rings. The quantitative estimate of drug-likeness (QED) is 0.433. The minimum atomic E-state index is -0.0254. The Kier molecular flexibility index (Phi) is 7.15. The van der Waals surface area contributed by atoms with Crippen LogP contribution in [0.25, 0.3) is 11.0 Å². The fourth-order valence-corrected chi connectivity index (χ4v) is 3.85. The first-order chi connectivity index (χ1) is 16.1. The van der Waals surface area contributed by atoms with Crippen molar-refractivity contribution in [1.29, 1.82) is 0 Å². The summed E-state index contributed by atoms with van der Waals surface area (Å²) in [5, 5.41) is 2.97. The van der Waals surface area contributed by atoms with Gasteiger partial charge < -0.3 is 14.8 Å². The molecule has 1 N–H and O–H groups in total. The van der Waals surface area contributed by atoms with Crippen LogP contribution in [0.3, 0.4) is 0 Å². The van der Waals surface area contributed by atoms with E-state index in [4.69, 9.17) is 4.98 Å². The molecule has 4 rings (SSSR count). The van der Waals surface area contributed by atoms with Gasteiger partial charge in [-0.3, -0.25) is 9.59 Å². The fourth-order valence-electron chi connectivity index (χ4n) is 3.85. The average molecular weight is 441 g/mol. The van der Waals surface area contributed by atoms with Crippen molar-refractivity contribution in [3.05, 3.63) is 102 Å². The van der Waals surface area contributed by atoms with Crippen LogP contribution in [0.4, 0.5) is 0 Å². The standard InChI is InChI=1S/C27H28N4O2/c1-30(19-22-12-6-3-7-13-22)27(33)20-31-24-15-9-8-14-23(24)29-25(31)16-17-28-26(32)18-21-10-4-2-5-11-21/h2-15H,16-20H2,1H3,(H,28,32). The predicted octanol–water partition coefficient (Wildman–Crippen LogP) is 3.60. The topological polar surface area (TPSA) is 67.2 Å². The fraction of sp³-hybridized carbons (Fsp3) is 0.222. The van der Waals surface area contributed by atoms with Gasteiger partial charge in [0, 0.05) is 26.6 Å². The van der Waals surface area contributed by atoms with Gasteiger partial charge in [-0.1, -0.05) is 72.8 Å². The van der Waals surface area contributed by atoms with E-state index in [2.05, 4.69) is 5.32 Å². The minimum absolute atomic E-state index is 0.0105. The third-order valence-electron chi connectivity index (χ3n) is 5.59. The molecule has 0 saturated carbocycles. The van der Waals surface area contributed by atoms with Gasteiger partial charge in [0.25, 0.3) is 0 Å². The molecular formula is C27H28N4O2. The third-order valence-corrected chi connectivity index (χ3v) is 5.59. The predicted molar refractivity (Wildman–Crippen MR) is 130 cm³/mol. The number of nitrogens with one attached hydrogen (secondary N) is 1. The summed E-state index contributed by atoms with van der Waals surface area (Å²) in [4.78, 5) is 31.8. The Balaban J connectivity index is 1.42. The number of para-hydroxylation sites is 2. The minimum Gasteiger partial charge on any atom is -0.355 e. The lowest BCUT2D eigenvalue weighted by Gasteiger charge is -2.19. The maximum Gasteiger partial charge on any atom is 0.242 e. The number of hydrogen-bond donors (Lipinski definition) is 1. The number of hydrogen-bond acceptors (Lipinski definition) is 3. The van der Waals surface area contributed by atoms with Crippen LogP contribution < -0.4 is 5.32 Å². The van der Waals surface area contributed by atoms with Crippen LogP contribution in [-0.4, -0.2) is 39.9 Å². The molecule has 1 aromatic heterocycles. The number of amides is 2. The van der Waals surface area contributed by atoms with E-state index in [1.54, 1.807) is 4.90 Å². The summed E-state index contributed by atoms with van der Waals surface area (Å²) in [6.07, 6.45) is 0.894. The summed E-state index contributed by atoms with van der Waals surface area (Å²) >= 11 is 0. The van der Waals surface area contributed by atoms with Gasteiger partial charge in [-0.05, 0) is 23.3 Å². The number of rotatable bonds is 9. The second kappa shape index (κ2) is 10.6. The van der Waals surface area contributed by atoms with Crippen LogP contribution in [0.1, 0.15) is 17.0 Å². The molecule has 168 valence electrons. The Hall–Kier alpha value is -3.93. The molecule has 0 saturated heterocycles. The first-order valence-corrected chi connectivity index (χ1v) is 11.1. The van der Waals surface area contributed by atoms with E-state index < -0.39 is 0 Å². The maximum atomic E-state index is 13.0. The lowest BCUT2D eigenvalue weighted by Crippen LogP contribution is -2.31. The van der Waals surface area contributed by atoms with Crippen molar-refractivity contribution in [2.75, 3.05) is 13.6 Å². The second-order valence-corrected chi connectivity index (χ2v) is 8.10. The highest BCUT2D eigenvalue weighted by Crippen LogP contribution is 2.17. The van der Waals surface area contributed by atoms with E-state index in [0.717, 1.165) is 28.0 Å². The van der Waals surface area contributed by atoms with Gasteiger partial charge in [0.1, 0.15) is 12.4 Å². The molecular weight excluding hydrogens is 412 g/mol. The van der Waals surface area contributed by atoms with Crippen molar-refractivity contribution in [3.63, 3.8) is 0 Å². The molecule has 0 radical (unpaired) electrons. The van der Waals surface area contributed by atoms with Crippen molar-refractivity contribution >= 4 is 22.8 Å². The zero-order valence-corrected chi connectivity index (χ0v) is 18.8. The summed E-state index contributed by atoms with van der Waals surface area (Å²) in [7, 11) is 1.82. The molecule has 6 nitrogen and oxygen atoms in total. The van der Waals surface area contributed by atoms with E-state index in [1.165, 1.54) is 0 Å². The molecule has 3 aromatic carbocycles. The molecule has 0 aliphatic carbocycles. The number of carbonyl (C=O) groups is 2. The first kappa shape index (κ1) is 22.3. The normalized spacial score (nSPS) is 10.8. The van der Waals surface area contributed by atoms with Gasteiger partial charge in [0.15, 0.2) is 0 Å². The molecule has 0 aliphatic heterocycles. The number of carbonyl (C=O) groups excluding carboxylic acids is 2. The zero-order chi connectivity index (χ0) is 23.0. The van der Waals surface area contributed by atoms with Gasteiger partial charge in [-0.25, -0.2) is 4.98 Å². The number of nitrogens with zero attached hydrogens (tertiary/aromatic N) is 3. The molecule has 0 unspecified atom stereocenters. The number of benzene rings is 3. The van der Waals surface area contributed by atoms with Crippen molar-refractivity contribution in [2.24, 2.45) is 0 Å². The molecule has 0 aliphatic rings. The van der Waals surface area contributed by atoms with Gasteiger partial charge in [0.05, 0.1) is 17.5 Å². The summed E-state index contributed by atoms with van der Waals surface area (Å²) < 4.78 is 1.96. The van der Waals surface area contributed by atoms with Crippen molar-refractivity contribution in [1.82, 2.24) is 19.8 Å². The van der Waals surface area contributed by atoms with E-state index in [1.807, 2.05) is 96.5 Å². The lowest BCUT2D eigenvalue weighted by molar-refractivity contribution is -0.131. The van der Waals surface area contributed by atoms with Gasteiger partial charge in [-0.2, -0.15) is 0 Å². The highest BCUT2D eigenvalue weighted by Gasteiger charge is 2.16. The first-order valence-electron chi connectivity index (χ1n) is 11.1. The molecule has 2 amide bonds. The third kappa shape index (κ3) is 5.86. The van der Waals surface area contributed by atoms with Crippen LogP contribution in [0, 0.1) is 0 Å². The van der Waals surface area contributed by atoms with E-state index in [9.17, 15) is 9.59 Å². The smallest absolute Gasteiger partial charge is 0.242 e. The second-order valence-electron chi connectivity index (χ2n) is 8.10. The summed E-state index contributed by atoms with van der Waals surface area (Å²) in [6, 6.07) is 27.4. The summed E-state index contributed by atoms with van der Waals surface area (Å²) in [5.41, 5.74) is 3.84. The summed E-state index contributed by atoms with van der Waals surface area (Å²) in [6.45, 7) is 1.22. The van der Waals surface area contributed by atoms with Gasteiger partial charge >= 0.3 is 0 Å². The van der Waals surface area contributed by atoms with Crippen molar-refractivity contribution in [3.8, 4) is 0 Å². The Morgan fingerprint density at radius 2 is 1.52 bits per heavy atom. The van der Waals surface area contributed by atoms with Crippen LogP contribution in [0.2, 0.25) is 0 Å². The number of aromatic nitrogens is 2. The molecule has 6 heteroatoms. The average Bonchev–Trinajstić information content (AvgIpc) is 3.17. The molecule has 4 aromatic rings. The highest BCUT2D eigenvalue weighted by atomic mass is 16.2. The van der Waals surface area contributed by atoms with Crippen LogP contribution >= 0.6 is 0 Å². The van der Waals surface area contributed by atoms with Crippen LogP contribution in [0.15, 0.2) is 84.9 Å². The lowest BCUT2D eigenvalue weighted by atomic mass is 10.1. The van der Waals surface area contributed by atoms with Gasteiger partial charge in [-0.15, -0.1) is 0 Å². The zero-order valence-electron chi connectivity index (χ0n) is 18.8. The largest absolute Gasteiger partial charge is 0.355 e. The number of imidazole rings is 1. The van der Waals surface area contributed by atoms with E-state index in [0.29, 0.717) is 25.9 Å². The van der Waals surface area contributed by atoms with E-state index >= 15 is 0 Å². The highest BCUT2D eigenvalue weighted by molar-refractivity contribution is 5.81. The van der Waals surface area contributed by atoms with Crippen molar-refractivity contribution < 1.29 is 9.59 Å². The Bertz CT molecular complexity index is 1220. The molecule has 0 atom stereocenters. The number of fused-ring (bicyclic) bond motifs is 1. The summed E-state index contributed by atoms with van der Waals surface area (Å²) in [5.74, 6) is 0.775. The Morgan fingerprint density at radius 3 is 2.24 bits per heavy atom. The van der Waals surface area contributed by atoms with Gasteiger partial charge in [0.2, 0.25) is 11.8 Å². The van der Waals surface area contributed by atoms with Crippen LogP contribution in [-0.2, 0) is 35.5 Å². The number of likely N-dealkylation sites (N-methyl/N-ethyl adjacent to an activating group) is 1.